The number of carbonyl (C=O) groups is 2. The predicted molar refractivity (Wildman–Crippen MR) is 137 cm³/mol. The van der Waals surface area contributed by atoms with E-state index in [1.54, 1.807) is 23.1 Å². The third kappa shape index (κ3) is 6.19. The smallest absolute Gasteiger partial charge is 0.348 e. The first kappa shape index (κ1) is 26.0. The zero-order valence-corrected chi connectivity index (χ0v) is 22.2. The summed E-state index contributed by atoms with van der Waals surface area (Å²) in [6.07, 6.45) is 7.72. The Morgan fingerprint density at radius 3 is 2.50 bits per heavy atom. The lowest BCUT2D eigenvalue weighted by molar-refractivity contribution is -0.905. The van der Waals surface area contributed by atoms with Crippen LogP contribution in [0.15, 0.2) is 30.6 Å². The number of ether oxygens (including phenoxy) is 1. The van der Waals surface area contributed by atoms with Gasteiger partial charge in [-0.2, -0.15) is 0 Å². The third-order valence-corrected chi connectivity index (χ3v) is 7.85. The van der Waals surface area contributed by atoms with Crippen molar-refractivity contribution in [3.8, 4) is 17.6 Å². The maximum absolute atomic E-state index is 13.9. The zero-order chi connectivity index (χ0) is 26.0. The van der Waals surface area contributed by atoms with E-state index in [4.69, 9.17) is 4.74 Å². The molecule has 2 aromatic heterocycles. The van der Waals surface area contributed by atoms with Crippen LogP contribution in [0.5, 0.6) is 5.75 Å². The molecule has 2 N–H and O–H groups in total. The molecule has 0 radical (unpaired) electrons. The summed E-state index contributed by atoms with van der Waals surface area (Å²) in [6.45, 7) is 8.23. The Morgan fingerprint density at radius 1 is 1.19 bits per heavy atom. The van der Waals surface area contributed by atoms with Gasteiger partial charge in [0.25, 0.3) is 6.20 Å². The third-order valence-electron chi connectivity index (χ3n) is 6.83. The van der Waals surface area contributed by atoms with Crippen LogP contribution >= 0.6 is 11.3 Å². The van der Waals surface area contributed by atoms with E-state index in [1.165, 1.54) is 12.4 Å². The highest BCUT2D eigenvalue weighted by molar-refractivity contribution is 7.15. The van der Waals surface area contributed by atoms with E-state index in [1.807, 2.05) is 20.8 Å². The number of aromatic carboxylic acids is 1. The number of rotatable bonds is 6. The van der Waals surface area contributed by atoms with Crippen molar-refractivity contribution in [3.05, 3.63) is 40.3 Å². The molecule has 0 unspecified atom stereocenters. The standard InChI is InChI=1S/C28H34N2O5S/c1-18-7-9-19(10-8-18)26(31)30(20-14-22(15-20)35-21-6-5-13-29(34)17-21)24-16-23(11-12-28(2,3)4)36-25(24)27(32)33/h5-6,13,16-20,22H,7-10,14-15H2,1-4H3,(H-,32,33,34)/p+1. The predicted octanol–water partition coefficient (Wildman–Crippen LogP) is 5.14. The van der Waals surface area contributed by atoms with Crippen molar-refractivity contribution >= 4 is 28.9 Å². The number of nitrogens with zero attached hydrogens (tertiary/aromatic N) is 2. The van der Waals surface area contributed by atoms with E-state index in [2.05, 4.69) is 18.8 Å². The summed E-state index contributed by atoms with van der Waals surface area (Å²) in [6, 6.07) is 5.09. The van der Waals surface area contributed by atoms with Crippen molar-refractivity contribution < 1.29 is 29.4 Å². The van der Waals surface area contributed by atoms with Gasteiger partial charge in [0.15, 0.2) is 5.75 Å². The highest BCUT2D eigenvalue weighted by Gasteiger charge is 2.42. The molecule has 0 spiro atoms. The first-order valence-corrected chi connectivity index (χ1v) is 13.4. The molecule has 0 atom stereocenters. The molecule has 2 fully saturated rings. The van der Waals surface area contributed by atoms with E-state index >= 15 is 0 Å². The van der Waals surface area contributed by atoms with Gasteiger partial charge in [-0.3, -0.25) is 10.0 Å². The van der Waals surface area contributed by atoms with Crippen LogP contribution in [-0.4, -0.2) is 34.3 Å². The molecule has 0 aromatic carbocycles. The Balaban J connectivity index is 1.61. The number of carboxylic acids is 1. The summed E-state index contributed by atoms with van der Waals surface area (Å²) in [4.78, 5) is 28.6. The molecule has 0 saturated heterocycles. The Morgan fingerprint density at radius 2 is 1.89 bits per heavy atom. The number of thiophene rings is 1. The van der Waals surface area contributed by atoms with Gasteiger partial charge in [0.1, 0.15) is 11.0 Å². The number of carbonyl (C=O) groups excluding carboxylic acids is 1. The summed E-state index contributed by atoms with van der Waals surface area (Å²) >= 11 is 1.13. The van der Waals surface area contributed by atoms with Crippen LogP contribution in [0.3, 0.4) is 0 Å². The largest absolute Gasteiger partial charge is 0.484 e. The van der Waals surface area contributed by atoms with Gasteiger partial charge >= 0.3 is 5.97 Å². The van der Waals surface area contributed by atoms with Crippen LogP contribution in [0, 0.1) is 29.1 Å². The maximum Gasteiger partial charge on any atom is 0.348 e. The first-order valence-electron chi connectivity index (χ1n) is 12.6. The van der Waals surface area contributed by atoms with Gasteiger partial charge in [0.2, 0.25) is 12.1 Å². The van der Waals surface area contributed by atoms with E-state index < -0.39 is 5.97 Å². The normalized spacial score (nSPS) is 23.7. The SMILES string of the molecule is CC1CCC(C(=O)N(c2cc(C#CC(C)(C)C)sc2C(=O)O)C2CC(Oc3ccc[n+](O)c3)C2)CC1. The van der Waals surface area contributed by atoms with Gasteiger partial charge in [-0.25, -0.2) is 4.79 Å². The van der Waals surface area contributed by atoms with Crippen molar-refractivity contribution in [3.63, 3.8) is 0 Å². The quantitative estimate of drug-likeness (QED) is 0.318. The number of hydrogen-bond donors (Lipinski definition) is 2. The van der Waals surface area contributed by atoms with Gasteiger partial charge in [0.05, 0.1) is 10.6 Å². The summed E-state index contributed by atoms with van der Waals surface area (Å²) in [5.74, 6) is 6.31. The minimum absolute atomic E-state index is 0.00823. The highest BCUT2D eigenvalue weighted by Crippen LogP contribution is 2.40. The number of aromatic nitrogens is 1. The topological polar surface area (TPSA) is 91.0 Å². The molecule has 2 aliphatic rings. The van der Waals surface area contributed by atoms with Gasteiger partial charge in [0, 0.05) is 41.0 Å². The van der Waals surface area contributed by atoms with Crippen LogP contribution < -0.4 is 14.4 Å². The fourth-order valence-electron chi connectivity index (χ4n) is 4.77. The van der Waals surface area contributed by atoms with Crippen molar-refractivity contribution in [1.82, 2.24) is 0 Å². The van der Waals surface area contributed by atoms with Crippen LogP contribution in [0.1, 0.15) is 80.8 Å². The minimum atomic E-state index is -1.04. The summed E-state index contributed by atoms with van der Waals surface area (Å²) < 4.78 is 6.93. The van der Waals surface area contributed by atoms with Crippen LogP contribution in [-0.2, 0) is 4.79 Å². The second-order valence-corrected chi connectivity index (χ2v) is 12.1. The lowest BCUT2D eigenvalue weighted by Crippen LogP contribution is -2.54. The Kier molecular flexibility index (Phi) is 7.60. The average Bonchev–Trinajstić information content (AvgIpc) is 3.20. The molecular weight excluding hydrogens is 476 g/mol. The van der Waals surface area contributed by atoms with Gasteiger partial charge in [-0.15, -0.1) is 11.3 Å². The second kappa shape index (κ2) is 10.5. The Hall–Kier alpha value is -3.05. The number of anilines is 1. The number of hydrogen-bond acceptors (Lipinski definition) is 5. The monoisotopic (exact) mass is 511 g/mol. The van der Waals surface area contributed by atoms with Crippen molar-refractivity contribution in [2.75, 3.05) is 4.90 Å². The molecule has 2 saturated carbocycles. The molecule has 4 rings (SSSR count). The van der Waals surface area contributed by atoms with Crippen molar-refractivity contribution in [1.29, 1.82) is 0 Å². The van der Waals surface area contributed by atoms with E-state index in [0.29, 0.717) is 35.1 Å². The molecule has 2 aliphatic carbocycles. The summed E-state index contributed by atoms with van der Waals surface area (Å²) in [5.41, 5.74) is 0.232. The Bertz CT molecular complexity index is 1170. The minimum Gasteiger partial charge on any atom is -0.484 e. The fraction of sp³-hybridized carbons (Fsp3) is 0.536. The van der Waals surface area contributed by atoms with Gasteiger partial charge in [-0.05, 0) is 64.5 Å². The highest BCUT2D eigenvalue weighted by atomic mass is 32.1. The molecule has 192 valence electrons. The van der Waals surface area contributed by atoms with E-state index in [9.17, 15) is 19.9 Å². The summed E-state index contributed by atoms with van der Waals surface area (Å²) in [7, 11) is 0. The van der Waals surface area contributed by atoms with Gasteiger partial charge < -0.3 is 14.7 Å². The van der Waals surface area contributed by atoms with Crippen molar-refractivity contribution in [2.45, 2.75) is 78.4 Å². The molecule has 36 heavy (non-hydrogen) atoms. The average molecular weight is 512 g/mol. The molecule has 1 amide bonds. The number of pyridine rings is 1. The number of carboxylic acid groups (broad SMARTS) is 1. The lowest BCUT2D eigenvalue weighted by Gasteiger charge is -2.44. The Labute approximate surface area is 216 Å². The molecule has 0 aliphatic heterocycles. The molecule has 2 heterocycles. The lowest BCUT2D eigenvalue weighted by atomic mass is 9.80. The van der Waals surface area contributed by atoms with Crippen LogP contribution in [0.4, 0.5) is 5.69 Å². The molecular formula is C28H35N2O5S+. The summed E-state index contributed by atoms with van der Waals surface area (Å²) in [5, 5.41) is 19.6. The maximum atomic E-state index is 13.9. The number of amides is 1. The van der Waals surface area contributed by atoms with Gasteiger partial charge in [-0.1, -0.05) is 18.8 Å². The molecule has 2 aromatic rings. The van der Waals surface area contributed by atoms with Crippen molar-refractivity contribution in [2.24, 2.45) is 17.3 Å². The van der Waals surface area contributed by atoms with E-state index in [0.717, 1.165) is 41.8 Å². The fourth-order valence-corrected chi connectivity index (χ4v) is 5.61. The first-order chi connectivity index (χ1) is 17.0. The zero-order valence-electron chi connectivity index (χ0n) is 21.4. The molecule has 8 heteroatoms. The molecule has 0 bridgehead atoms. The van der Waals surface area contributed by atoms with Crippen LogP contribution in [0.2, 0.25) is 0 Å². The molecule has 7 nitrogen and oxygen atoms in total. The van der Waals surface area contributed by atoms with Crippen LogP contribution in [0.25, 0.3) is 0 Å². The van der Waals surface area contributed by atoms with E-state index in [-0.39, 0.29) is 34.3 Å². The second-order valence-electron chi connectivity index (χ2n) is 11.1.